The van der Waals surface area contributed by atoms with Gasteiger partial charge in [0.05, 0.1) is 18.1 Å². The normalized spacial score (nSPS) is 16.5. The van der Waals surface area contributed by atoms with Crippen LogP contribution in [0.1, 0.15) is 28.9 Å². The molecule has 1 atom stereocenters. The van der Waals surface area contributed by atoms with Crippen molar-refractivity contribution in [2.45, 2.75) is 25.3 Å². The van der Waals surface area contributed by atoms with Crippen molar-refractivity contribution in [1.82, 2.24) is 14.9 Å². The van der Waals surface area contributed by atoms with Crippen molar-refractivity contribution in [1.29, 1.82) is 0 Å². The number of amides is 1. The molecule has 4 rings (SSSR count). The lowest BCUT2D eigenvalue weighted by molar-refractivity contribution is 0.0726. The van der Waals surface area contributed by atoms with Gasteiger partial charge in [-0.15, -0.1) is 0 Å². The van der Waals surface area contributed by atoms with Crippen LogP contribution in [-0.2, 0) is 6.42 Å². The predicted octanol–water partition coefficient (Wildman–Crippen LogP) is 3.84. The summed E-state index contributed by atoms with van der Waals surface area (Å²) >= 11 is 6.08. The van der Waals surface area contributed by atoms with Crippen LogP contribution in [0.3, 0.4) is 0 Å². The van der Waals surface area contributed by atoms with Crippen molar-refractivity contribution in [3.63, 3.8) is 0 Å². The van der Waals surface area contributed by atoms with Crippen molar-refractivity contribution in [2.75, 3.05) is 13.7 Å². The van der Waals surface area contributed by atoms with Crippen LogP contribution in [0.2, 0.25) is 5.02 Å². The summed E-state index contributed by atoms with van der Waals surface area (Å²) in [6.45, 7) is 0.626. The van der Waals surface area contributed by atoms with Crippen molar-refractivity contribution < 1.29 is 14.6 Å². The van der Waals surface area contributed by atoms with Crippen LogP contribution in [-0.4, -0.2) is 45.6 Å². The van der Waals surface area contributed by atoms with Gasteiger partial charge in [-0.25, -0.2) is 9.97 Å². The molecule has 0 radical (unpaired) electrons. The van der Waals surface area contributed by atoms with Gasteiger partial charge in [-0.3, -0.25) is 4.79 Å². The van der Waals surface area contributed by atoms with E-state index in [1.165, 1.54) is 0 Å². The lowest BCUT2D eigenvalue weighted by atomic mass is 10.0. The van der Waals surface area contributed by atoms with E-state index in [4.69, 9.17) is 16.3 Å². The molecule has 2 heterocycles. The quantitative estimate of drug-likeness (QED) is 0.723. The molecule has 1 aliphatic rings. The maximum atomic E-state index is 13.1. The average molecular weight is 398 g/mol. The minimum Gasteiger partial charge on any atom is -0.497 e. The first-order valence-corrected chi connectivity index (χ1v) is 9.53. The Morgan fingerprint density at radius 3 is 2.89 bits per heavy atom. The van der Waals surface area contributed by atoms with Gasteiger partial charge >= 0.3 is 0 Å². The average Bonchev–Trinajstić information content (AvgIpc) is 3.14. The molecular weight excluding hydrogens is 378 g/mol. The monoisotopic (exact) mass is 397 g/mol. The SMILES string of the molecule is COc1ccc2nc(O)c(C(=O)N3CCCC3Cc3cccc(Cl)c3)nc2c1. The summed E-state index contributed by atoms with van der Waals surface area (Å²) in [6.07, 6.45) is 2.52. The largest absolute Gasteiger partial charge is 0.497 e. The van der Waals surface area contributed by atoms with E-state index in [2.05, 4.69) is 9.97 Å². The molecule has 2 aromatic carbocycles. The number of halogens is 1. The van der Waals surface area contributed by atoms with E-state index in [1.807, 2.05) is 24.3 Å². The fraction of sp³-hybridized carbons (Fsp3) is 0.286. The molecule has 28 heavy (non-hydrogen) atoms. The van der Waals surface area contributed by atoms with Gasteiger partial charge in [0.15, 0.2) is 5.69 Å². The summed E-state index contributed by atoms with van der Waals surface area (Å²) in [5, 5.41) is 11.0. The Bertz CT molecular complexity index is 1040. The zero-order valence-corrected chi connectivity index (χ0v) is 16.2. The summed E-state index contributed by atoms with van der Waals surface area (Å²) in [7, 11) is 1.56. The van der Waals surface area contributed by atoms with Gasteiger partial charge in [0.1, 0.15) is 5.75 Å². The van der Waals surface area contributed by atoms with Crippen LogP contribution in [0.15, 0.2) is 42.5 Å². The smallest absolute Gasteiger partial charge is 0.278 e. The summed E-state index contributed by atoms with van der Waals surface area (Å²) in [4.78, 5) is 23.4. The second kappa shape index (κ2) is 7.64. The third-order valence-corrected chi connectivity index (χ3v) is 5.29. The number of hydrogen-bond donors (Lipinski definition) is 1. The summed E-state index contributed by atoms with van der Waals surface area (Å²) in [5.41, 5.74) is 2.06. The van der Waals surface area contributed by atoms with E-state index in [9.17, 15) is 9.90 Å². The highest BCUT2D eigenvalue weighted by molar-refractivity contribution is 6.30. The number of nitrogens with zero attached hydrogens (tertiary/aromatic N) is 3. The predicted molar refractivity (Wildman–Crippen MR) is 107 cm³/mol. The molecule has 144 valence electrons. The van der Waals surface area contributed by atoms with Gasteiger partial charge < -0.3 is 14.7 Å². The summed E-state index contributed by atoms with van der Waals surface area (Å²) < 4.78 is 5.21. The minimum atomic E-state index is -0.351. The van der Waals surface area contributed by atoms with Crippen molar-refractivity contribution in [3.8, 4) is 11.6 Å². The first kappa shape index (κ1) is 18.5. The van der Waals surface area contributed by atoms with E-state index >= 15 is 0 Å². The van der Waals surface area contributed by atoms with E-state index < -0.39 is 0 Å². The van der Waals surface area contributed by atoms with Crippen molar-refractivity contribution in [3.05, 3.63) is 58.7 Å². The Balaban J connectivity index is 1.63. The maximum Gasteiger partial charge on any atom is 0.278 e. The molecule has 3 aromatic rings. The van der Waals surface area contributed by atoms with Crippen LogP contribution < -0.4 is 4.74 Å². The van der Waals surface area contributed by atoms with Crippen molar-refractivity contribution >= 4 is 28.5 Å². The fourth-order valence-corrected chi connectivity index (χ4v) is 3.90. The Kier molecular flexibility index (Phi) is 5.05. The van der Waals surface area contributed by atoms with E-state index in [0.29, 0.717) is 34.8 Å². The van der Waals surface area contributed by atoms with Gasteiger partial charge in [0, 0.05) is 23.7 Å². The second-order valence-corrected chi connectivity index (χ2v) is 7.32. The molecule has 1 N–H and O–H groups in total. The number of likely N-dealkylation sites (tertiary alicyclic amines) is 1. The number of aromatic nitrogens is 2. The number of benzene rings is 2. The van der Waals surface area contributed by atoms with Gasteiger partial charge in [0.2, 0.25) is 5.88 Å². The first-order valence-electron chi connectivity index (χ1n) is 9.15. The maximum absolute atomic E-state index is 13.1. The lowest BCUT2D eigenvalue weighted by Crippen LogP contribution is -2.37. The highest BCUT2D eigenvalue weighted by Gasteiger charge is 2.32. The Morgan fingerprint density at radius 2 is 2.11 bits per heavy atom. The number of ether oxygens (including phenoxy) is 1. The zero-order chi connectivity index (χ0) is 19.7. The first-order chi connectivity index (χ1) is 13.5. The Hall–Kier alpha value is -2.86. The molecule has 1 fully saturated rings. The molecule has 1 saturated heterocycles. The number of methoxy groups -OCH3 is 1. The summed E-state index contributed by atoms with van der Waals surface area (Å²) in [6, 6.07) is 12.8. The van der Waals surface area contributed by atoms with Gasteiger partial charge in [-0.1, -0.05) is 23.7 Å². The number of carbonyl (C=O) groups excluding carboxylic acids is 1. The van der Waals surface area contributed by atoms with Crippen molar-refractivity contribution in [2.24, 2.45) is 0 Å². The Labute approximate surface area is 167 Å². The molecule has 1 aromatic heterocycles. The van der Waals surface area contributed by atoms with Gasteiger partial charge in [0.25, 0.3) is 5.91 Å². The third kappa shape index (κ3) is 3.60. The molecule has 1 unspecified atom stereocenters. The molecule has 0 spiro atoms. The molecule has 0 bridgehead atoms. The summed E-state index contributed by atoms with van der Waals surface area (Å²) in [5.74, 6) is -0.0405. The molecule has 7 heteroatoms. The zero-order valence-electron chi connectivity index (χ0n) is 15.4. The minimum absolute atomic E-state index is 0.0289. The van der Waals surface area contributed by atoms with Crippen LogP contribution in [0, 0.1) is 0 Å². The van der Waals surface area contributed by atoms with Crippen LogP contribution in [0.4, 0.5) is 0 Å². The van der Waals surface area contributed by atoms with E-state index in [0.717, 1.165) is 18.4 Å². The Morgan fingerprint density at radius 1 is 1.25 bits per heavy atom. The highest BCUT2D eigenvalue weighted by atomic mass is 35.5. The standard InChI is InChI=1S/C21H20ClN3O3/c1-28-16-7-8-17-18(12-16)23-19(20(26)24-17)21(27)25-9-3-6-15(25)11-13-4-2-5-14(22)10-13/h2,4-5,7-8,10,12,15H,3,6,9,11H2,1H3,(H,24,26). The molecule has 0 aliphatic carbocycles. The van der Waals surface area contributed by atoms with Gasteiger partial charge in [-0.2, -0.15) is 0 Å². The third-order valence-electron chi connectivity index (χ3n) is 5.05. The number of fused-ring (bicyclic) bond motifs is 1. The second-order valence-electron chi connectivity index (χ2n) is 6.88. The number of aromatic hydroxyl groups is 1. The fourth-order valence-electron chi connectivity index (χ4n) is 3.68. The van der Waals surface area contributed by atoms with Crippen LogP contribution >= 0.6 is 11.6 Å². The molecule has 1 aliphatic heterocycles. The van der Waals surface area contributed by atoms with Crippen LogP contribution in [0.5, 0.6) is 11.6 Å². The van der Waals surface area contributed by atoms with E-state index in [1.54, 1.807) is 30.2 Å². The number of rotatable bonds is 4. The van der Waals surface area contributed by atoms with Crippen LogP contribution in [0.25, 0.3) is 11.0 Å². The topological polar surface area (TPSA) is 75.6 Å². The highest BCUT2D eigenvalue weighted by Crippen LogP contribution is 2.27. The molecule has 0 saturated carbocycles. The van der Waals surface area contributed by atoms with Gasteiger partial charge in [-0.05, 0) is 49.1 Å². The van der Waals surface area contributed by atoms with E-state index in [-0.39, 0.29) is 23.5 Å². The number of carbonyl (C=O) groups is 1. The lowest BCUT2D eigenvalue weighted by Gasteiger charge is -2.24. The molecule has 6 nitrogen and oxygen atoms in total. The molecule has 1 amide bonds. The number of hydrogen-bond acceptors (Lipinski definition) is 5. The molecular formula is C21H20ClN3O3.